The maximum atomic E-state index is 12.0. The summed E-state index contributed by atoms with van der Waals surface area (Å²) in [5.74, 6) is 0.343. The van der Waals surface area contributed by atoms with Gasteiger partial charge >= 0.3 is 5.97 Å². The van der Waals surface area contributed by atoms with Crippen LogP contribution in [0.1, 0.15) is 43.4 Å². The highest BCUT2D eigenvalue weighted by molar-refractivity contribution is 6.57. The van der Waals surface area contributed by atoms with Crippen LogP contribution in [0.2, 0.25) is 0 Å². The van der Waals surface area contributed by atoms with Crippen LogP contribution in [0.5, 0.6) is 5.75 Å². The molecule has 0 unspecified atom stereocenters. The van der Waals surface area contributed by atoms with Crippen LogP contribution in [0.25, 0.3) is 0 Å². The van der Waals surface area contributed by atoms with Crippen molar-refractivity contribution < 1.29 is 14.3 Å². The summed E-state index contributed by atoms with van der Waals surface area (Å²) in [7, 11) is 3.39. The normalized spacial score (nSPS) is 11.3. The van der Waals surface area contributed by atoms with E-state index in [-0.39, 0.29) is 17.1 Å². The van der Waals surface area contributed by atoms with Crippen LogP contribution < -0.4 is 10.1 Å². The molecule has 1 N–H and O–H groups in total. The standard InChI is InChI=1S/C17H26BNO3/c1-11-6-7-12(2)16(22-14(21)8-9-19-5)15(11)17(3,4)10-13(18)20/h6-7,19H,8-10,18H2,1-5H3. The van der Waals surface area contributed by atoms with E-state index in [4.69, 9.17) is 4.74 Å². The van der Waals surface area contributed by atoms with Gasteiger partial charge in [0.15, 0.2) is 7.85 Å². The molecule has 4 nitrogen and oxygen atoms in total. The minimum absolute atomic E-state index is 0.123. The fourth-order valence-corrected chi connectivity index (χ4v) is 2.86. The molecule has 1 aromatic carbocycles. The van der Waals surface area contributed by atoms with Crippen molar-refractivity contribution in [2.45, 2.75) is 46.0 Å². The average Bonchev–Trinajstić information content (AvgIpc) is 2.38. The highest BCUT2D eigenvalue weighted by Crippen LogP contribution is 2.39. The Morgan fingerprint density at radius 1 is 1.23 bits per heavy atom. The summed E-state index contributed by atoms with van der Waals surface area (Å²) in [6.45, 7) is 8.52. The van der Waals surface area contributed by atoms with Crippen molar-refractivity contribution in [3.05, 3.63) is 28.8 Å². The van der Waals surface area contributed by atoms with Crippen molar-refractivity contribution in [3.8, 4) is 5.75 Å². The lowest BCUT2D eigenvalue weighted by Gasteiger charge is -2.29. The van der Waals surface area contributed by atoms with E-state index in [1.165, 1.54) is 0 Å². The molecule has 0 bridgehead atoms. The van der Waals surface area contributed by atoms with Crippen molar-refractivity contribution in [2.24, 2.45) is 0 Å². The van der Waals surface area contributed by atoms with E-state index < -0.39 is 0 Å². The summed E-state index contributed by atoms with van der Waals surface area (Å²) in [5.41, 5.74) is 2.64. The highest BCUT2D eigenvalue weighted by Gasteiger charge is 2.29. The molecule has 22 heavy (non-hydrogen) atoms. The molecule has 1 rings (SSSR count). The lowest BCUT2D eigenvalue weighted by atomic mass is 9.74. The van der Waals surface area contributed by atoms with Crippen molar-refractivity contribution in [1.82, 2.24) is 5.32 Å². The molecular formula is C17H26BNO3. The van der Waals surface area contributed by atoms with Crippen LogP contribution in [-0.4, -0.2) is 33.1 Å². The number of carbonyl (C=O) groups is 2. The van der Waals surface area contributed by atoms with Gasteiger partial charge in [0.1, 0.15) is 5.75 Å². The molecule has 1 aromatic rings. The third-order valence-electron chi connectivity index (χ3n) is 3.73. The van der Waals surface area contributed by atoms with Gasteiger partial charge in [0, 0.05) is 18.5 Å². The Morgan fingerprint density at radius 3 is 2.36 bits per heavy atom. The Morgan fingerprint density at radius 2 is 1.82 bits per heavy atom. The smallest absolute Gasteiger partial charge is 0.312 e. The molecule has 0 fully saturated rings. The molecule has 0 saturated heterocycles. The van der Waals surface area contributed by atoms with E-state index >= 15 is 0 Å². The largest absolute Gasteiger partial charge is 0.426 e. The highest BCUT2D eigenvalue weighted by atomic mass is 16.5. The molecule has 0 spiro atoms. The summed E-state index contributed by atoms with van der Waals surface area (Å²) in [4.78, 5) is 23.6. The fourth-order valence-electron chi connectivity index (χ4n) is 2.86. The van der Waals surface area contributed by atoms with Crippen molar-refractivity contribution in [1.29, 1.82) is 0 Å². The van der Waals surface area contributed by atoms with E-state index in [0.717, 1.165) is 16.7 Å². The lowest BCUT2D eigenvalue weighted by molar-refractivity contribution is -0.134. The summed E-state index contributed by atoms with van der Waals surface area (Å²) < 4.78 is 5.64. The van der Waals surface area contributed by atoms with Gasteiger partial charge in [-0.15, -0.1) is 0 Å². The number of carbonyl (C=O) groups excluding carboxylic acids is 2. The van der Waals surface area contributed by atoms with Crippen LogP contribution in [0.4, 0.5) is 0 Å². The molecule has 120 valence electrons. The second-order valence-electron chi connectivity index (χ2n) is 6.49. The third-order valence-corrected chi connectivity index (χ3v) is 3.73. The molecule has 0 aliphatic carbocycles. The molecule has 0 aromatic heterocycles. The minimum Gasteiger partial charge on any atom is -0.426 e. The van der Waals surface area contributed by atoms with Crippen LogP contribution >= 0.6 is 0 Å². The zero-order valence-corrected chi connectivity index (χ0v) is 14.5. The van der Waals surface area contributed by atoms with Crippen LogP contribution in [-0.2, 0) is 15.0 Å². The zero-order chi connectivity index (χ0) is 16.9. The second kappa shape index (κ2) is 7.59. The molecule has 0 aliphatic heterocycles. The Bertz CT molecular complexity index is 567. The van der Waals surface area contributed by atoms with E-state index in [1.807, 2.05) is 39.8 Å². The SMILES string of the molecule is BC(=O)CC(C)(C)c1c(C)ccc(C)c1OC(=O)CCNC. The van der Waals surface area contributed by atoms with Crippen molar-refractivity contribution in [3.63, 3.8) is 0 Å². The lowest BCUT2D eigenvalue weighted by Crippen LogP contribution is -2.26. The molecule has 0 aliphatic rings. The van der Waals surface area contributed by atoms with Gasteiger partial charge < -0.3 is 14.8 Å². The number of ether oxygens (including phenoxy) is 1. The first kappa shape index (κ1) is 18.4. The van der Waals surface area contributed by atoms with Crippen molar-refractivity contribution >= 4 is 19.5 Å². The Kier molecular flexibility index (Phi) is 6.36. The second-order valence-corrected chi connectivity index (χ2v) is 6.49. The molecular weight excluding hydrogens is 277 g/mol. The van der Waals surface area contributed by atoms with E-state index in [1.54, 1.807) is 14.9 Å². The molecule has 0 saturated carbocycles. The molecule has 5 heteroatoms. The number of aryl methyl sites for hydroxylation is 2. The van der Waals surface area contributed by atoms with Gasteiger partial charge in [-0.25, -0.2) is 0 Å². The van der Waals surface area contributed by atoms with Gasteiger partial charge in [-0.2, -0.15) is 0 Å². The number of hydrogen-bond acceptors (Lipinski definition) is 4. The number of nitrogens with one attached hydrogen (secondary N) is 1. The topological polar surface area (TPSA) is 55.4 Å². The fraction of sp³-hybridized carbons (Fsp3) is 0.529. The van der Waals surface area contributed by atoms with E-state index in [2.05, 4.69) is 5.32 Å². The number of esters is 1. The predicted molar refractivity (Wildman–Crippen MR) is 91.3 cm³/mol. The first-order valence-electron chi connectivity index (χ1n) is 7.64. The third kappa shape index (κ3) is 4.70. The molecule has 0 atom stereocenters. The molecule has 0 radical (unpaired) electrons. The summed E-state index contributed by atoms with van der Waals surface area (Å²) in [6, 6.07) is 3.96. The van der Waals surface area contributed by atoms with E-state index in [0.29, 0.717) is 25.1 Å². The summed E-state index contributed by atoms with van der Waals surface area (Å²) in [6.07, 6.45) is 0.731. The van der Waals surface area contributed by atoms with Gasteiger partial charge in [-0.3, -0.25) is 4.79 Å². The number of rotatable bonds is 7. The first-order valence-corrected chi connectivity index (χ1v) is 7.64. The van der Waals surface area contributed by atoms with Crippen molar-refractivity contribution in [2.75, 3.05) is 13.6 Å². The summed E-state index contributed by atoms with van der Waals surface area (Å²) >= 11 is 0. The molecule has 0 amide bonds. The summed E-state index contributed by atoms with van der Waals surface area (Å²) in [5, 5.41) is 2.94. The van der Waals surface area contributed by atoms with Crippen LogP contribution in [0.3, 0.4) is 0 Å². The monoisotopic (exact) mass is 303 g/mol. The van der Waals surface area contributed by atoms with Crippen LogP contribution in [0.15, 0.2) is 12.1 Å². The first-order chi connectivity index (χ1) is 10.2. The average molecular weight is 303 g/mol. The Balaban J connectivity index is 3.23. The molecule has 0 heterocycles. The maximum absolute atomic E-state index is 12.0. The number of hydrogen-bond donors (Lipinski definition) is 1. The van der Waals surface area contributed by atoms with Gasteiger partial charge in [-0.05, 0) is 37.4 Å². The van der Waals surface area contributed by atoms with Gasteiger partial charge in [0.2, 0.25) is 0 Å². The van der Waals surface area contributed by atoms with Gasteiger partial charge in [-0.1, -0.05) is 26.0 Å². The van der Waals surface area contributed by atoms with Gasteiger partial charge in [0.05, 0.1) is 12.1 Å². The zero-order valence-electron chi connectivity index (χ0n) is 14.5. The Labute approximate surface area is 134 Å². The van der Waals surface area contributed by atoms with Crippen LogP contribution in [0, 0.1) is 13.8 Å². The van der Waals surface area contributed by atoms with E-state index in [9.17, 15) is 9.59 Å². The minimum atomic E-state index is -0.374. The number of benzene rings is 1. The van der Waals surface area contributed by atoms with Gasteiger partial charge in [0.25, 0.3) is 0 Å². The maximum Gasteiger partial charge on any atom is 0.312 e. The quantitative estimate of drug-likeness (QED) is 0.473. The Hall–Kier alpha value is -1.62. The predicted octanol–water partition coefficient (Wildman–Crippen LogP) is 1.65.